The van der Waals surface area contributed by atoms with Crippen LogP contribution in [0.5, 0.6) is 0 Å². The van der Waals surface area contributed by atoms with Crippen LogP contribution in [0.25, 0.3) is 22.3 Å². The molecular weight excluding hydrogens is 449 g/mol. The number of hydrogen-bond donors (Lipinski definition) is 2. The molecule has 0 unspecified atom stereocenters. The van der Waals surface area contributed by atoms with E-state index in [1.807, 2.05) is 28.9 Å². The van der Waals surface area contributed by atoms with Gasteiger partial charge in [-0.05, 0) is 18.2 Å². The number of carbonyl (C=O) groups excluding carboxylic acids is 1. The second-order valence-corrected chi connectivity index (χ2v) is 8.75. The molecule has 2 saturated heterocycles. The van der Waals surface area contributed by atoms with E-state index in [1.54, 1.807) is 18.5 Å². The second-order valence-electron chi connectivity index (χ2n) is 8.75. The van der Waals surface area contributed by atoms with Gasteiger partial charge in [0, 0.05) is 70.2 Å². The Morgan fingerprint density at radius 1 is 1.20 bits per heavy atom. The fourth-order valence-electron chi connectivity index (χ4n) is 4.55. The van der Waals surface area contributed by atoms with Crippen LogP contribution in [0.3, 0.4) is 0 Å². The van der Waals surface area contributed by atoms with E-state index in [1.165, 1.54) is 6.07 Å². The van der Waals surface area contributed by atoms with Crippen LogP contribution in [-0.4, -0.2) is 84.3 Å². The van der Waals surface area contributed by atoms with Crippen LogP contribution >= 0.6 is 0 Å². The van der Waals surface area contributed by atoms with Crippen molar-refractivity contribution in [2.24, 2.45) is 0 Å². The number of amides is 1. The Kier molecular flexibility index (Phi) is 7.01. The number of anilines is 2. The minimum absolute atomic E-state index is 0.0331. The van der Waals surface area contributed by atoms with Crippen LogP contribution < -0.4 is 15.5 Å². The van der Waals surface area contributed by atoms with Gasteiger partial charge in [0.05, 0.1) is 29.6 Å². The third kappa shape index (κ3) is 5.18. The number of carbonyl (C=O) groups is 1. The van der Waals surface area contributed by atoms with E-state index in [0.717, 1.165) is 13.1 Å². The van der Waals surface area contributed by atoms with E-state index in [9.17, 15) is 4.79 Å². The standard InChI is InChI=1S/C25H30FN7O2/c1-2-23(34)33-10-8-32(9-11-33)22-4-3-17(13-19(22)26)20-14-21-24(29-6-5-28-21)25(31-20)30-16-18-15-27-7-12-35-18/h3-6,13-14,18,27H,2,7-12,15-16H2,1H3,(H,30,31)/t18-/m0/s1. The summed E-state index contributed by atoms with van der Waals surface area (Å²) in [5.41, 5.74) is 3.17. The maximum atomic E-state index is 15.2. The van der Waals surface area contributed by atoms with Gasteiger partial charge in [-0.3, -0.25) is 9.78 Å². The molecule has 2 aliphatic heterocycles. The zero-order valence-electron chi connectivity index (χ0n) is 19.8. The van der Waals surface area contributed by atoms with E-state index in [4.69, 9.17) is 9.72 Å². The Bertz CT molecular complexity index is 1190. The van der Waals surface area contributed by atoms with E-state index >= 15 is 4.39 Å². The number of rotatable bonds is 6. The average Bonchev–Trinajstić information content (AvgIpc) is 2.91. The highest BCUT2D eigenvalue weighted by atomic mass is 19.1. The lowest BCUT2D eigenvalue weighted by Crippen LogP contribution is -2.48. The van der Waals surface area contributed by atoms with Gasteiger partial charge < -0.3 is 25.2 Å². The fraction of sp³-hybridized carbons (Fsp3) is 0.440. The van der Waals surface area contributed by atoms with Crippen molar-refractivity contribution in [3.05, 3.63) is 42.5 Å². The van der Waals surface area contributed by atoms with Crippen molar-refractivity contribution in [3.63, 3.8) is 0 Å². The molecule has 184 valence electrons. The van der Waals surface area contributed by atoms with Crippen LogP contribution in [0.1, 0.15) is 13.3 Å². The topological polar surface area (TPSA) is 95.5 Å². The Labute approximate surface area is 203 Å². The predicted molar refractivity (Wildman–Crippen MR) is 133 cm³/mol. The lowest BCUT2D eigenvalue weighted by atomic mass is 10.1. The fourth-order valence-corrected chi connectivity index (χ4v) is 4.55. The number of benzene rings is 1. The van der Waals surface area contributed by atoms with Gasteiger partial charge in [0.15, 0.2) is 5.82 Å². The van der Waals surface area contributed by atoms with E-state index in [-0.39, 0.29) is 17.8 Å². The molecule has 1 amide bonds. The highest BCUT2D eigenvalue weighted by molar-refractivity contribution is 5.88. The number of fused-ring (bicyclic) bond motifs is 1. The number of ether oxygens (including phenoxy) is 1. The summed E-state index contributed by atoms with van der Waals surface area (Å²) >= 11 is 0. The quantitative estimate of drug-likeness (QED) is 0.556. The molecule has 3 aromatic rings. The first-order valence-electron chi connectivity index (χ1n) is 12.1. The lowest BCUT2D eigenvalue weighted by Gasteiger charge is -2.36. The molecule has 10 heteroatoms. The van der Waals surface area contributed by atoms with Crippen LogP contribution in [0.15, 0.2) is 36.7 Å². The third-order valence-corrected chi connectivity index (χ3v) is 6.48. The van der Waals surface area contributed by atoms with Gasteiger partial charge in [-0.2, -0.15) is 0 Å². The molecule has 9 nitrogen and oxygen atoms in total. The lowest BCUT2D eigenvalue weighted by molar-refractivity contribution is -0.131. The summed E-state index contributed by atoms with van der Waals surface area (Å²) in [6.45, 7) is 7.17. The van der Waals surface area contributed by atoms with Gasteiger partial charge in [-0.15, -0.1) is 0 Å². The Morgan fingerprint density at radius 2 is 2.03 bits per heavy atom. The number of hydrogen-bond acceptors (Lipinski definition) is 8. The van der Waals surface area contributed by atoms with Gasteiger partial charge in [0.2, 0.25) is 5.91 Å². The summed E-state index contributed by atoms with van der Waals surface area (Å²) in [7, 11) is 0. The first kappa shape index (κ1) is 23.4. The minimum atomic E-state index is -0.310. The molecule has 2 N–H and O–H groups in total. The van der Waals surface area contributed by atoms with Crippen LogP contribution in [0.4, 0.5) is 15.9 Å². The summed E-state index contributed by atoms with van der Waals surface area (Å²) in [6, 6.07) is 7.01. The van der Waals surface area contributed by atoms with Crippen molar-refractivity contribution < 1.29 is 13.9 Å². The summed E-state index contributed by atoms with van der Waals surface area (Å²) in [5.74, 6) is 0.428. The highest BCUT2D eigenvalue weighted by Crippen LogP contribution is 2.29. The van der Waals surface area contributed by atoms with E-state index < -0.39 is 0 Å². The molecule has 0 radical (unpaired) electrons. The van der Waals surface area contributed by atoms with Crippen molar-refractivity contribution in [2.45, 2.75) is 19.4 Å². The number of morpholine rings is 1. The third-order valence-electron chi connectivity index (χ3n) is 6.48. The van der Waals surface area contributed by atoms with Crippen LogP contribution in [0.2, 0.25) is 0 Å². The number of pyridine rings is 1. The molecule has 2 aromatic heterocycles. The Hall–Kier alpha value is -3.37. The number of nitrogens with one attached hydrogen (secondary N) is 2. The second kappa shape index (κ2) is 10.5. The first-order valence-corrected chi connectivity index (χ1v) is 12.1. The summed E-state index contributed by atoms with van der Waals surface area (Å²) in [4.78, 5) is 29.4. The molecule has 1 aromatic carbocycles. The summed E-state index contributed by atoms with van der Waals surface area (Å²) < 4.78 is 21.0. The largest absolute Gasteiger partial charge is 0.374 e. The maximum absolute atomic E-state index is 15.2. The molecule has 2 fully saturated rings. The SMILES string of the molecule is CCC(=O)N1CCN(c2ccc(-c3cc4nccnc4c(NC[C@@H]4CNCCO4)n3)cc2F)CC1. The predicted octanol–water partition coefficient (Wildman–Crippen LogP) is 2.29. The Morgan fingerprint density at radius 3 is 2.77 bits per heavy atom. The molecule has 4 heterocycles. The molecule has 5 rings (SSSR count). The van der Waals surface area contributed by atoms with Gasteiger partial charge in [0.25, 0.3) is 0 Å². The van der Waals surface area contributed by atoms with Crippen molar-refractivity contribution in [1.29, 1.82) is 0 Å². The van der Waals surface area contributed by atoms with E-state index in [2.05, 4.69) is 20.6 Å². The van der Waals surface area contributed by atoms with Gasteiger partial charge in [-0.25, -0.2) is 14.4 Å². The zero-order chi connectivity index (χ0) is 24.2. The number of piperazine rings is 1. The Balaban J connectivity index is 1.37. The molecule has 0 spiro atoms. The minimum Gasteiger partial charge on any atom is -0.374 e. The van der Waals surface area contributed by atoms with Gasteiger partial charge >= 0.3 is 0 Å². The molecule has 0 bridgehead atoms. The monoisotopic (exact) mass is 479 g/mol. The normalized spacial score (nSPS) is 18.6. The molecular formula is C25H30FN7O2. The van der Waals surface area contributed by atoms with Crippen molar-refractivity contribution >= 4 is 28.4 Å². The smallest absolute Gasteiger partial charge is 0.222 e. The highest BCUT2D eigenvalue weighted by Gasteiger charge is 2.22. The zero-order valence-corrected chi connectivity index (χ0v) is 19.8. The van der Waals surface area contributed by atoms with Crippen LogP contribution in [-0.2, 0) is 9.53 Å². The summed E-state index contributed by atoms with van der Waals surface area (Å²) in [5, 5.41) is 6.67. The maximum Gasteiger partial charge on any atom is 0.222 e. The molecule has 0 saturated carbocycles. The summed E-state index contributed by atoms with van der Waals surface area (Å²) in [6.07, 6.45) is 3.80. The number of nitrogens with zero attached hydrogens (tertiary/aromatic N) is 5. The number of halogens is 1. The number of aromatic nitrogens is 3. The van der Waals surface area contributed by atoms with Crippen LogP contribution in [0, 0.1) is 5.82 Å². The van der Waals surface area contributed by atoms with Crippen molar-refractivity contribution in [3.8, 4) is 11.3 Å². The van der Waals surface area contributed by atoms with Crippen molar-refractivity contribution in [2.75, 3.05) is 62.6 Å². The molecule has 0 aliphatic carbocycles. The van der Waals surface area contributed by atoms with Gasteiger partial charge in [0.1, 0.15) is 11.3 Å². The first-order chi connectivity index (χ1) is 17.1. The van der Waals surface area contributed by atoms with Gasteiger partial charge in [-0.1, -0.05) is 13.0 Å². The molecule has 35 heavy (non-hydrogen) atoms. The van der Waals surface area contributed by atoms with E-state index in [0.29, 0.717) is 79.5 Å². The average molecular weight is 480 g/mol. The van der Waals surface area contributed by atoms with Crippen molar-refractivity contribution in [1.82, 2.24) is 25.2 Å². The molecule has 1 atom stereocenters. The molecule has 2 aliphatic rings.